The average Bonchev–Trinajstić information content (AvgIpc) is 2.94. The summed E-state index contributed by atoms with van der Waals surface area (Å²) in [4.78, 5) is 52.7. The number of fused-ring (bicyclic) bond motifs is 1. The fourth-order valence-corrected chi connectivity index (χ4v) is 4.53. The fraction of sp³-hybridized carbons (Fsp3) is 0.524. The highest BCUT2D eigenvalue weighted by Gasteiger charge is 2.44. The maximum Gasteiger partial charge on any atom is 0.262 e. The number of hydrogen-bond donors (Lipinski definition) is 2. The van der Waals surface area contributed by atoms with E-state index in [0.717, 1.165) is 29.8 Å². The topological polar surface area (TPSA) is 113 Å². The standard InChI is InChI=1S/C21H26N4O4/c1-12-2-3-14(9-22)11-24(12)10-13-4-5-15-16(8-13)21(29)25(20(15)28)17-6-7-18(26)23-19(17)27/h4-5,8,12,14,17H,2-3,6-7,9-11,22H2,1H3,(H,23,26,27). The number of nitrogens with two attached hydrogens (primary N) is 1. The first-order valence-corrected chi connectivity index (χ1v) is 10.2. The van der Waals surface area contributed by atoms with Crippen molar-refractivity contribution in [2.75, 3.05) is 13.1 Å². The molecule has 2 saturated heterocycles. The molecule has 3 aliphatic heterocycles. The van der Waals surface area contributed by atoms with E-state index in [-0.39, 0.29) is 18.7 Å². The minimum Gasteiger partial charge on any atom is -0.330 e. The molecule has 4 amide bonds. The van der Waals surface area contributed by atoms with Gasteiger partial charge in [-0.15, -0.1) is 0 Å². The molecule has 0 aromatic heterocycles. The number of carbonyl (C=O) groups excluding carboxylic acids is 4. The minimum atomic E-state index is -0.934. The summed E-state index contributed by atoms with van der Waals surface area (Å²) in [6, 6.07) is 4.81. The number of nitrogens with one attached hydrogen (secondary N) is 1. The number of hydrogen-bond acceptors (Lipinski definition) is 6. The van der Waals surface area contributed by atoms with Gasteiger partial charge in [0.25, 0.3) is 11.8 Å². The molecule has 0 radical (unpaired) electrons. The van der Waals surface area contributed by atoms with Gasteiger partial charge in [-0.1, -0.05) is 6.07 Å². The summed E-state index contributed by atoms with van der Waals surface area (Å²) in [5, 5.41) is 2.21. The minimum absolute atomic E-state index is 0.115. The van der Waals surface area contributed by atoms with Crippen molar-refractivity contribution in [2.45, 2.75) is 51.2 Å². The number of carbonyl (C=O) groups is 4. The Morgan fingerprint density at radius 3 is 2.55 bits per heavy atom. The van der Waals surface area contributed by atoms with Crippen LogP contribution in [0.1, 0.15) is 58.9 Å². The van der Waals surface area contributed by atoms with Crippen LogP contribution >= 0.6 is 0 Å². The second-order valence-corrected chi connectivity index (χ2v) is 8.28. The monoisotopic (exact) mass is 398 g/mol. The molecule has 3 heterocycles. The molecule has 0 aliphatic carbocycles. The molecule has 29 heavy (non-hydrogen) atoms. The lowest BCUT2D eigenvalue weighted by atomic mass is 9.93. The van der Waals surface area contributed by atoms with Gasteiger partial charge < -0.3 is 5.73 Å². The maximum absolute atomic E-state index is 13.0. The first-order valence-electron chi connectivity index (χ1n) is 10.2. The van der Waals surface area contributed by atoms with Gasteiger partial charge in [0.1, 0.15) is 6.04 Å². The highest BCUT2D eigenvalue weighted by atomic mass is 16.2. The van der Waals surface area contributed by atoms with Gasteiger partial charge in [0, 0.05) is 25.6 Å². The second-order valence-electron chi connectivity index (χ2n) is 8.28. The van der Waals surface area contributed by atoms with Gasteiger partial charge in [-0.2, -0.15) is 0 Å². The first kappa shape index (κ1) is 19.7. The normalized spacial score (nSPS) is 27.9. The molecule has 2 fully saturated rings. The molecule has 0 spiro atoms. The van der Waals surface area contributed by atoms with Crippen molar-refractivity contribution in [1.29, 1.82) is 0 Å². The molecule has 0 saturated carbocycles. The lowest BCUT2D eigenvalue weighted by molar-refractivity contribution is -0.136. The van der Waals surface area contributed by atoms with Crippen molar-refractivity contribution in [3.05, 3.63) is 34.9 Å². The van der Waals surface area contributed by atoms with Crippen molar-refractivity contribution in [3.63, 3.8) is 0 Å². The summed E-state index contributed by atoms with van der Waals surface area (Å²) < 4.78 is 0. The van der Waals surface area contributed by atoms with E-state index in [1.165, 1.54) is 0 Å². The van der Waals surface area contributed by atoms with Crippen molar-refractivity contribution < 1.29 is 19.2 Å². The Labute approximate surface area is 169 Å². The van der Waals surface area contributed by atoms with Crippen molar-refractivity contribution in [2.24, 2.45) is 11.7 Å². The highest BCUT2D eigenvalue weighted by molar-refractivity contribution is 6.23. The van der Waals surface area contributed by atoms with E-state index in [1.807, 2.05) is 6.07 Å². The number of nitrogens with zero attached hydrogens (tertiary/aromatic N) is 2. The summed E-state index contributed by atoms with van der Waals surface area (Å²) >= 11 is 0. The number of rotatable bonds is 4. The van der Waals surface area contributed by atoms with E-state index < -0.39 is 23.8 Å². The lowest BCUT2D eigenvalue weighted by Crippen LogP contribution is -2.54. The quantitative estimate of drug-likeness (QED) is 0.720. The lowest BCUT2D eigenvalue weighted by Gasteiger charge is -2.37. The van der Waals surface area contributed by atoms with Crippen molar-refractivity contribution >= 4 is 23.6 Å². The third-order valence-electron chi connectivity index (χ3n) is 6.33. The molecule has 3 atom stereocenters. The van der Waals surface area contributed by atoms with Crippen LogP contribution in [-0.4, -0.2) is 58.6 Å². The summed E-state index contributed by atoms with van der Waals surface area (Å²) in [7, 11) is 0. The Morgan fingerprint density at radius 2 is 1.83 bits per heavy atom. The Hall–Kier alpha value is -2.58. The van der Waals surface area contributed by atoms with Crippen LogP contribution in [0.2, 0.25) is 0 Å². The van der Waals surface area contributed by atoms with Crippen LogP contribution in [-0.2, 0) is 16.1 Å². The van der Waals surface area contributed by atoms with Gasteiger partial charge >= 0.3 is 0 Å². The van der Waals surface area contributed by atoms with Gasteiger partial charge in [-0.25, -0.2) is 0 Å². The van der Waals surface area contributed by atoms with Gasteiger partial charge in [0.15, 0.2) is 0 Å². The predicted octanol–water partition coefficient (Wildman–Crippen LogP) is 0.647. The molecule has 3 aliphatic rings. The molecule has 154 valence electrons. The SMILES string of the molecule is CC1CCC(CN)CN1Cc1ccc2c(c1)C(=O)N(C1CCC(=O)NC1=O)C2=O. The zero-order valence-corrected chi connectivity index (χ0v) is 16.5. The van der Waals surface area contributed by atoms with Crippen LogP contribution in [0.5, 0.6) is 0 Å². The average molecular weight is 398 g/mol. The molecule has 3 N–H and O–H groups in total. The number of imide groups is 2. The highest BCUT2D eigenvalue weighted by Crippen LogP contribution is 2.29. The molecule has 1 aromatic carbocycles. The summed E-state index contributed by atoms with van der Waals surface area (Å²) in [6.07, 6.45) is 2.50. The van der Waals surface area contributed by atoms with Gasteiger partial charge in [-0.05, 0) is 56.3 Å². The molecule has 0 bridgehead atoms. The predicted molar refractivity (Wildman–Crippen MR) is 105 cm³/mol. The van der Waals surface area contributed by atoms with Crippen LogP contribution in [0.15, 0.2) is 18.2 Å². The smallest absolute Gasteiger partial charge is 0.262 e. The van der Waals surface area contributed by atoms with E-state index in [4.69, 9.17) is 5.73 Å². The van der Waals surface area contributed by atoms with Crippen LogP contribution in [0.4, 0.5) is 0 Å². The Kier molecular flexibility index (Phi) is 5.23. The van der Waals surface area contributed by atoms with Crippen LogP contribution in [0.3, 0.4) is 0 Å². The van der Waals surface area contributed by atoms with Crippen LogP contribution in [0, 0.1) is 5.92 Å². The molecule has 3 unspecified atom stereocenters. The zero-order chi connectivity index (χ0) is 20.7. The van der Waals surface area contributed by atoms with Crippen LogP contribution in [0.25, 0.3) is 0 Å². The second kappa shape index (κ2) is 7.68. The van der Waals surface area contributed by atoms with Crippen LogP contribution < -0.4 is 11.1 Å². The van der Waals surface area contributed by atoms with E-state index in [2.05, 4.69) is 17.1 Å². The van der Waals surface area contributed by atoms with E-state index in [1.54, 1.807) is 12.1 Å². The summed E-state index contributed by atoms with van der Waals surface area (Å²) in [5.41, 5.74) is 7.45. The molecule has 4 rings (SSSR count). The number of piperidine rings is 2. The maximum atomic E-state index is 13.0. The largest absolute Gasteiger partial charge is 0.330 e. The Morgan fingerprint density at radius 1 is 1.07 bits per heavy atom. The third kappa shape index (κ3) is 3.58. The molecule has 8 heteroatoms. The van der Waals surface area contributed by atoms with Gasteiger partial charge in [0.05, 0.1) is 11.1 Å². The molecule has 8 nitrogen and oxygen atoms in total. The summed E-state index contributed by atoms with van der Waals surface area (Å²) in [6.45, 7) is 4.47. The number of likely N-dealkylation sites (tertiary alicyclic amines) is 1. The zero-order valence-electron chi connectivity index (χ0n) is 16.5. The number of benzene rings is 1. The molecule has 1 aromatic rings. The first-order chi connectivity index (χ1) is 13.9. The van der Waals surface area contributed by atoms with Crippen molar-refractivity contribution in [3.8, 4) is 0 Å². The third-order valence-corrected chi connectivity index (χ3v) is 6.33. The van der Waals surface area contributed by atoms with E-state index in [0.29, 0.717) is 36.2 Å². The Bertz CT molecular complexity index is 883. The molecular formula is C21H26N4O4. The summed E-state index contributed by atoms with van der Waals surface area (Å²) in [5.74, 6) is -1.43. The van der Waals surface area contributed by atoms with Crippen molar-refractivity contribution in [1.82, 2.24) is 15.1 Å². The van der Waals surface area contributed by atoms with E-state index in [9.17, 15) is 19.2 Å². The Balaban J connectivity index is 1.54. The fourth-order valence-electron chi connectivity index (χ4n) is 4.53. The number of amides is 4. The molecular weight excluding hydrogens is 372 g/mol. The van der Waals surface area contributed by atoms with Gasteiger partial charge in [-0.3, -0.25) is 34.3 Å². The van der Waals surface area contributed by atoms with Gasteiger partial charge in [0.2, 0.25) is 11.8 Å². The van der Waals surface area contributed by atoms with E-state index >= 15 is 0 Å².